The highest BCUT2D eigenvalue weighted by molar-refractivity contribution is 5.05. The first-order valence-corrected chi connectivity index (χ1v) is 5.91. The van der Waals surface area contributed by atoms with Crippen LogP contribution >= 0.6 is 0 Å². The Labute approximate surface area is 87.9 Å². The molecule has 0 radical (unpaired) electrons. The second-order valence-electron chi connectivity index (χ2n) is 5.29. The summed E-state index contributed by atoms with van der Waals surface area (Å²) in [6.07, 6.45) is 5.84. The highest BCUT2D eigenvalue weighted by atomic mass is 15.2. The van der Waals surface area contributed by atoms with Crippen LogP contribution in [0.4, 0.5) is 0 Å². The summed E-state index contributed by atoms with van der Waals surface area (Å²) in [6, 6.07) is 0. The Morgan fingerprint density at radius 2 is 2.07 bits per heavy atom. The van der Waals surface area contributed by atoms with Gasteiger partial charge in [-0.15, -0.1) is 0 Å². The van der Waals surface area contributed by atoms with Gasteiger partial charge in [0.1, 0.15) is 0 Å². The normalized spacial score (nSPS) is 24.8. The molecule has 0 N–H and O–H groups in total. The zero-order valence-electron chi connectivity index (χ0n) is 9.47. The monoisotopic (exact) mass is 191 g/mol. The number of nitrogens with zero attached hydrogens (tertiary/aromatic N) is 1. The topological polar surface area (TPSA) is 3.24 Å². The maximum absolute atomic E-state index is 3.29. The first-order valence-electron chi connectivity index (χ1n) is 5.91. The molecular weight excluding hydrogens is 170 g/mol. The quantitative estimate of drug-likeness (QED) is 0.576. The van der Waals surface area contributed by atoms with Crippen LogP contribution in [0.3, 0.4) is 0 Å². The molecule has 14 heavy (non-hydrogen) atoms. The van der Waals surface area contributed by atoms with Gasteiger partial charge in [0.05, 0.1) is 6.54 Å². The molecule has 2 aliphatic rings. The molecule has 1 heteroatoms. The second kappa shape index (κ2) is 3.95. The van der Waals surface area contributed by atoms with Gasteiger partial charge in [0.15, 0.2) is 0 Å². The molecule has 78 valence electrons. The molecule has 1 saturated carbocycles. The molecule has 1 nitrogen and oxygen atoms in total. The molecule has 1 aliphatic heterocycles. The molecule has 2 fully saturated rings. The average molecular weight is 191 g/mol. The first-order chi connectivity index (χ1) is 6.70. The van der Waals surface area contributed by atoms with Gasteiger partial charge in [-0.2, -0.15) is 0 Å². The average Bonchev–Trinajstić information content (AvgIpc) is 2.47. The van der Waals surface area contributed by atoms with E-state index in [0.717, 1.165) is 12.0 Å². The van der Waals surface area contributed by atoms with Crippen molar-refractivity contribution in [3.05, 3.63) is 0 Å². The molecular formula is C13H21N. The summed E-state index contributed by atoms with van der Waals surface area (Å²) >= 11 is 0. The van der Waals surface area contributed by atoms with E-state index in [9.17, 15) is 0 Å². The fourth-order valence-electron chi connectivity index (χ4n) is 2.61. The summed E-state index contributed by atoms with van der Waals surface area (Å²) in [5.74, 6) is 7.06. The minimum atomic E-state index is 0.523. The Balaban J connectivity index is 1.77. The lowest BCUT2D eigenvalue weighted by Gasteiger charge is -2.38. The largest absolute Gasteiger partial charge is 0.292 e. The van der Waals surface area contributed by atoms with Crippen LogP contribution in [0.2, 0.25) is 0 Å². The van der Waals surface area contributed by atoms with Crippen LogP contribution in [0.1, 0.15) is 39.5 Å². The van der Waals surface area contributed by atoms with E-state index in [1.807, 2.05) is 0 Å². The van der Waals surface area contributed by atoms with Gasteiger partial charge < -0.3 is 0 Å². The highest BCUT2D eigenvalue weighted by Gasteiger charge is 2.42. The van der Waals surface area contributed by atoms with E-state index >= 15 is 0 Å². The fraction of sp³-hybridized carbons (Fsp3) is 0.846. The van der Waals surface area contributed by atoms with Gasteiger partial charge in [0.25, 0.3) is 0 Å². The maximum Gasteiger partial charge on any atom is 0.0601 e. The Kier molecular flexibility index (Phi) is 2.83. The summed E-state index contributed by atoms with van der Waals surface area (Å²) in [5.41, 5.74) is 0.736. The molecule has 1 aliphatic carbocycles. The molecule has 0 atom stereocenters. The number of hydrogen-bond donors (Lipinski definition) is 0. The number of likely N-dealkylation sites (tertiary alicyclic amines) is 1. The Hall–Kier alpha value is -0.480. The van der Waals surface area contributed by atoms with Crippen LogP contribution in [-0.4, -0.2) is 24.5 Å². The number of rotatable bonds is 1. The Morgan fingerprint density at radius 3 is 2.57 bits per heavy atom. The van der Waals surface area contributed by atoms with Crippen molar-refractivity contribution in [2.45, 2.75) is 39.5 Å². The Morgan fingerprint density at radius 1 is 1.29 bits per heavy atom. The van der Waals surface area contributed by atoms with Crippen molar-refractivity contribution in [2.75, 3.05) is 19.6 Å². The van der Waals surface area contributed by atoms with Crippen molar-refractivity contribution in [1.82, 2.24) is 4.90 Å². The van der Waals surface area contributed by atoms with Crippen molar-refractivity contribution in [2.24, 2.45) is 11.3 Å². The molecule has 1 saturated heterocycles. The van der Waals surface area contributed by atoms with E-state index in [1.54, 1.807) is 0 Å². The van der Waals surface area contributed by atoms with Crippen molar-refractivity contribution < 1.29 is 0 Å². The molecule has 0 bridgehead atoms. The van der Waals surface area contributed by atoms with E-state index in [4.69, 9.17) is 0 Å². The predicted molar refractivity (Wildman–Crippen MR) is 60.0 cm³/mol. The first kappa shape index (κ1) is 10.1. The van der Waals surface area contributed by atoms with Gasteiger partial charge in [-0.25, -0.2) is 0 Å². The minimum Gasteiger partial charge on any atom is -0.292 e. The zero-order valence-corrected chi connectivity index (χ0v) is 9.47. The van der Waals surface area contributed by atoms with Crippen LogP contribution < -0.4 is 0 Å². The summed E-state index contributed by atoms with van der Waals surface area (Å²) in [4.78, 5) is 2.54. The zero-order chi connectivity index (χ0) is 10.0. The number of hydrogen-bond acceptors (Lipinski definition) is 1. The van der Waals surface area contributed by atoms with Crippen LogP contribution in [0.5, 0.6) is 0 Å². The smallest absolute Gasteiger partial charge is 0.0601 e. The van der Waals surface area contributed by atoms with Crippen LogP contribution in [0, 0.1) is 23.2 Å². The van der Waals surface area contributed by atoms with Gasteiger partial charge in [-0.3, -0.25) is 4.90 Å². The van der Waals surface area contributed by atoms with Crippen molar-refractivity contribution in [1.29, 1.82) is 0 Å². The summed E-state index contributed by atoms with van der Waals surface area (Å²) in [6.45, 7) is 7.92. The van der Waals surface area contributed by atoms with Crippen molar-refractivity contribution in [3.63, 3.8) is 0 Å². The lowest BCUT2D eigenvalue weighted by molar-refractivity contribution is 0.143. The third kappa shape index (κ3) is 2.12. The lowest BCUT2D eigenvalue weighted by Crippen LogP contribution is -2.33. The summed E-state index contributed by atoms with van der Waals surface area (Å²) < 4.78 is 0. The third-order valence-electron chi connectivity index (χ3n) is 3.62. The molecule has 2 rings (SSSR count). The van der Waals surface area contributed by atoms with E-state index in [1.165, 1.54) is 38.8 Å². The SMILES string of the molecule is CC(C)C#CCN1CCC2(CCC2)C1. The van der Waals surface area contributed by atoms with Gasteiger partial charge in [-0.05, 0) is 31.2 Å². The maximum atomic E-state index is 3.29. The van der Waals surface area contributed by atoms with E-state index in [-0.39, 0.29) is 0 Å². The molecule has 1 spiro atoms. The van der Waals surface area contributed by atoms with Gasteiger partial charge in [0.2, 0.25) is 0 Å². The van der Waals surface area contributed by atoms with Crippen molar-refractivity contribution in [3.8, 4) is 11.8 Å². The fourth-order valence-corrected chi connectivity index (χ4v) is 2.61. The predicted octanol–water partition coefficient (Wildman–Crippen LogP) is 2.52. The van der Waals surface area contributed by atoms with Gasteiger partial charge in [0, 0.05) is 12.5 Å². The minimum absolute atomic E-state index is 0.523. The van der Waals surface area contributed by atoms with Gasteiger partial charge in [-0.1, -0.05) is 32.1 Å². The molecule has 1 heterocycles. The van der Waals surface area contributed by atoms with E-state index in [0.29, 0.717) is 5.92 Å². The van der Waals surface area contributed by atoms with Crippen LogP contribution in [-0.2, 0) is 0 Å². The summed E-state index contributed by atoms with van der Waals surface area (Å²) in [5, 5.41) is 0. The highest BCUT2D eigenvalue weighted by Crippen LogP contribution is 2.47. The van der Waals surface area contributed by atoms with Crippen LogP contribution in [0.25, 0.3) is 0 Å². The van der Waals surface area contributed by atoms with E-state index < -0.39 is 0 Å². The third-order valence-corrected chi connectivity index (χ3v) is 3.62. The Bertz CT molecular complexity index is 252. The molecule has 0 aromatic carbocycles. The van der Waals surface area contributed by atoms with Gasteiger partial charge >= 0.3 is 0 Å². The summed E-state index contributed by atoms with van der Waals surface area (Å²) in [7, 11) is 0. The molecule has 0 amide bonds. The molecule has 0 unspecified atom stereocenters. The van der Waals surface area contributed by atoms with Crippen molar-refractivity contribution >= 4 is 0 Å². The standard InChI is InChI=1S/C13H21N/c1-12(2)5-3-9-14-10-8-13(11-14)6-4-7-13/h12H,4,6-11H2,1-2H3. The van der Waals surface area contributed by atoms with Crippen LogP contribution in [0.15, 0.2) is 0 Å². The molecule has 0 aromatic rings. The molecule has 0 aromatic heterocycles. The second-order valence-corrected chi connectivity index (χ2v) is 5.29. The lowest BCUT2D eigenvalue weighted by atomic mass is 9.68. The van der Waals surface area contributed by atoms with E-state index in [2.05, 4.69) is 30.6 Å².